The molecule has 1 amide bonds. The number of nitrogens with zero attached hydrogens (tertiary/aromatic N) is 1. The molecule has 0 saturated carbocycles. The number of hydrogen-bond acceptors (Lipinski definition) is 4. The Morgan fingerprint density at radius 3 is 2.54 bits per heavy atom. The van der Waals surface area contributed by atoms with Gasteiger partial charge in [-0.3, -0.25) is 4.79 Å². The second-order valence-corrected chi connectivity index (χ2v) is 6.18. The maximum Gasteiger partial charge on any atom is 0.257 e. The van der Waals surface area contributed by atoms with Crippen LogP contribution in [0.3, 0.4) is 0 Å². The van der Waals surface area contributed by atoms with Gasteiger partial charge in [0.05, 0.1) is 29.1 Å². The van der Waals surface area contributed by atoms with Crippen LogP contribution in [0.2, 0.25) is 10.0 Å². The average molecular weight is 388 g/mol. The van der Waals surface area contributed by atoms with Crippen molar-refractivity contribution in [3.8, 4) is 5.75 Å². The van der Waals surface area contributed by atoms with Gasteiger partial charge in [-0.25, -0.2) is 4.98 Å². The number of halogens is 2. The fraction of sp³-hybridized carbons (Fsp3) is 0.0526. The number of pyridine rings is 1. The summed E-state index contributed by atoms with van der Waals surface area (Å²) in [6, 6.07) is 15.7. The number of benzene rings is 2. The molecule has 0 aliphatic heterocycles. The van der Waals surface area contributed by atoms with E-state index in [1.807, 2.05) is 18.2 Å². The molecule has 0 fully saturated rings. The molecule has 0 unspecified atom stereocenters. The van der Waals surface area contributed by atoms with Crippen molar-refractivity contribution in [3.05, 3.63) is 76.4 Å². The van der Waals surface area contributed by atoms with Crippen LogP contribution in [0.1, 0.15) is 10.4 Å². The molecule has 0 atom stereocenters. The zero-order chi connectivity index (χ0) is 18.5. The Hall–Kier alpha value is -2.76. The van der Waals surface area contributed by atoms with Crippen LogP contribution < -0.4 is 15.4 Å². The van der Waals surface area contributed by atoms with E-state index >= 15 is 0 Å². The molecular weight excluding hydrogens is 373 g/mol. The number of nitrogens with one attached hydrogen (secondary N) is 2. The number of methoxy groups -OCH3 is 1. The minimum Gasteiger partial charge on any atom is -0.495 e. The number of aromatic nitrogens is 1. The fourth-order valence-electron chi connectivity index (χ4n) is 2.28. The van der Waals surface area contributed by atoms with E-state index in [1.165, 1.54) is 13.3 Å². The summed E-state index contributed by atoms with van der Waals surface area (Å²) in [7, 11) is 1.52. The van der Waals surface area contributed by atoms with Gasteiger partial charge in [0.2, 0.25) is 0 Å². The van der Waals surface area contributed by atoms with Crippen LogP contribution in [0.15, 0.2) is 60.8 Å². The Morgan fingerprint density at radius 2 is 1.85 bits per heavy atom. The van der Waals surface area contributed by atoms with Crippen LogP contribution in [-0.2, 0) is 0 Å². The molecule has 2 N–H and O–H groups in total. The quantitative estimate of drug-likeness (QED) is 0.615. The molecule has 0 aliphatic rings. The molecule has 26 heavy (non-hydrogen) atoms. The van der Waals surface area contributed by atoms with E-state index in [-0.39, 0.29) is 5.91 Å². The second-order valence-electron chi connectivity index (χ2n) is 5.34. The van der Waals surface area contributed by atoms with Gasteiger partial charge < -0.3 is 15.4 Å². The van der Waals surface area contributed by atoms with Gasteiger partial charge in [-0.15, -0.1) is 0 Å². The van der Waals surface area contributed by atoms with Crippen molar-refractivity contribution in [2.24, 2.45) is 0 Å². The minimum atomic E-state index is -0.317. The summed E-state index contributed by atoms with van der Waals surface area (Å²) < 4.78 is 5.22. The predicted octanol–water partition coefficient (Wildman–Crippen LogP) is 5.39. The third kappa shape index (κ3) is 4.25. The molecule has 0 bridgehead atoms. The van der Waals surface area contributed by atoms with Gasteiger partial charge in [-0.2, -0.15) is 0 Å². The second kappa shape index (κ2) is 8.08. The van der Waals surface area contributed by atoms with E-state index in [4.69, 9.17) is 27.9 Å². The summed E-state index contributed by atoms with van der Waals surface area (Å²) in [4.78, 5) is 16.7. The van der Waals surface area contributed by atoms with Gasteiger partial charge in [-0.1, -0.05) is 35.3 Å². The molecule has 3 rings (SSSR count). The number of carbonyl (C=O) groups is 1. The van der Waals surface area contributed by atoms with E-state index in [0.29, 0.717) is 32.9 Å². The summed E-state index contributed by atoms with van der Waals surface area (Å²) in [5.74, 6) is 0.782. The Labute approximate surface area is 160 Å². The van der Waals surface area contributed by atoms with Crippen molar-refractivity contribution >= 4 is 46.3 Å². The first-order valence-electron chi connectivity index (χ1n) is 7.69. The highest BCUT2D eigenvalue weighted by Crippen LogP contribution is 2.28. The molecule has 1 heterocycles. The van der Waals surface area contributed by atoms with Gasteiger partial charge >= 0.3 is 0 Å². The molecule has 0 spiro atoms. The zero-order valence-corrected chi connectivity index (χ0v) is 15.3. The lowest BCUT2D eigenvalue weighted by atomic mass is 10.2. The molecule has 0 radical (unpaired) electrons. The highest BCUT2D eigenvalue weighted by atomic mass is 35.5. The first kappa shape index (κ1) is 18.0. The maximum atomic E-state index is 12.4. The third-order valence-electron chi connectivity index (χ3n) is 3.57. The minimum absolute atomic E-state index is 0.317. The molecule has 5 nitrogen and oxygen atoms in total. The van der Waals surface area contributed by atoms with Crippen LogP contribution in [0.25, 0.3) is 0 Å². The van der Waals surface area contributed by atoms with Crippen molar-refractivity contribution in [1.82, 2.24) is 4.98 Å². The van der Waals surface area contributed by atoms with Crippen molar-refractivity contribution < 1.29 is 9.53 Å². The monoisotopic (exact) mass is 387 g/mol. The van der Waals surface area contributed by atoms with Gasteiger partial charge in [0.15, 0.2) is 0 Å². The zero-order valence-electron chi connectivity index (χ0n) is 13.8. The van der Waals surface area contributed by atoms with Crippen LogP contribution in [0, 0.1) is 0 Å². The SMILES string of the molecule is COc1ccc(Cl)cc1NC(=O)c1ccc(Nc2ccccc2Cl)nc1. The molecule has 0 aliphatic carbocycles. The molecule has 0 saturated heterocycles. The number of para-hydroxylation sites is 1. The summed E-state index contributed by atoms with van der Waals surface area (Å²) >= 11 is 12.1. The molecule has 132 valence electrons. The summed E-state index contributed by atoms with van der Waals surface area (Å²) in [5.41, 5.74) is 1.63. The summed E-state index contributed by atoms with van der Waals surface area (Å²) in [5, 5.41) is 6.95. The Balaban J connectivity index is 1.73. The maximum absolute atomic E-state index is 12.4. The van der Waals surface area contributed by atoms with Crippen LogP contribution in [-0.4, -0.2) is 18.0 Å². The van der Waals surface area contributed by atoms with Crippen LogP contribution >= 0.6 is 23.2 Å². The predicted molar refractivity (Wildman–Crippen MR) is 105 cm³/mol. The van der Waals surface area contributed by atoms with E-state index in [0.717, 1.165) is 5.69 Å². The summed E-state index contributed by atoms with van der Waals surface area (Å²) in [6.45, 7) is 0. The van der Waals surface area contributed by atoms with E-state index in [2.05, 4.69) is 15.6 Å². The van der Waals surface area contributed by atoms with Gasteiger partial charge in [-0.05, 0) is 42.5 Å². The Bertz CT molecular complexity index is 930. The van der Waals surface area contributed by atoms with Crippen LogP contribution in [0.4, 0.5) is 17.2 Å². The number of amides is 1. The highest BCUT2D eigenvalue weighted by Gasteiger charge is 2.11. The normalized spacial score (nSPS) is 10.3. The van der Waals surface area contributed by atoms with E-state index in [9.17, 15) is 4.79 Å². The number of anilines is 3. The molecule has 1 aromatic heterocycles. The average Bonchev–Trinajstić information content (AvgIpc) is 2.64. The van der Waals surface area contributed by atoms with Gasteiger partial charge in [0.1, 0.15) is 11.6 Å². The lowest BCUT2D eigenvalue weighted by Gasteiger charge is -2.11. The van der Waals surface area contributed by atoms with Crippen molar-refractivity contribution in [1.29, 1.82) is 0 Å². The van der Waals surface area contributed by atoms with Crippen molar-refractivity contribution in [2.75, 3.05) is 17.7 Å². The number of rotatable bonds is 5. The van der Waals surface area contributed by atoms with Crippen LogP contribution in [0.5, 0.6) is 5.75 Å². The first-order chi connectivity index (χ1) is 12.6. The van der Waals surface area contributed by atoms with E-state index in [1.54, 1.807) is 36.4 Å². The van der Waals surface area contributed by atoms with Crippen molar-refractivity contribution in [3.63, 3.8) is 0 Å². The molecule has 7 heteroatoms. The Morgan fingerprint density at radius 1 is 1.04 bits per heavy atom. The number of ether oxygens (including phenoxy) is 1. The smallest absolute Gasteiger partial charge is 0.257 e. The van der Waals surface area contributed by atoms with Crippen molar-refractivity contribution in [2.45, 2.75) is 0 Å². The third-order valence-corrected chi connectivity index (χ3v) is 4.14. The molecule has 2 aromatic carbocycles. The molecule has 3 aromatic rings. The topological polar surface area (TPSA) is 63.2 Å². The van der Waals surface area contributed by atoms with Gasteiger partial charge in [0.25, 0.3) is 5.91 Å². The first-order valence-corrected chi connectivity index (χ1v) is 8.45. The fourth-order valence-corrected chi connectivity index (χ4v) is 2.63. The summed E-state index contributed by atoms with van der Waals surface area (Å²) in [6.07, 6.45) is 1.48. The standard InChI is InChI=1S/C19H15Cl2N3O2/c1-26-17-8-7-13(20)10-16(17)24-19(25)12-6-9-18(22-11-12)23-15-5-3-2-4-14(15)21/h2-11H,1H3,(H,22,23)(H,24,25). The lowest BCUT2D eigenvalue weighted by Crippen LogP contribution is -2.13. The number of hydrogen-bond donors (Lipinski definition) is 2. The van der Waals surface area contributed by atoms with E-state index < -0.39 is 0 Å². The molecular formula is C19H15Cl2N3O2. The van der Waals surface area contributed by atoms with Gasteiger partial charge in [0, 0.05) is 11.2 Å². The number of carbonyl (C=O) groups excluding carboxylic acids is 1. The lowest BCUT2D eigenvalue weighted by molar-refractivity contribution is 0.102. The Kier molecular flexibility index (Phi) is 5.61. The highest BCUT2D eigenvalue weighted by molar-refractivity contribution is 6.33. The largest absolute Gasteiger partial charge is 0.495 e.